The van der Waals surface area contributed by atoms with E-state index in [-0.39, 0.29) is 12.0 Å². The highest BCUT2D eigenvalue weighted by Crippen LogP contribution is 2.20. The summed E-state index contributed by atoms with van der Waals surface area (Å²) in [5.41, 5.74) is 3.63. The molecular weight excluding hydrogens is 214 g/mol. The SMILES string of the molecule is CCOC(=O)CC(NC)c1ccc(C)c(C)c1. The minimum atomic E-state index is -0.162. The quantitative estimate of drug-likeness (QED) is 0.797. The molecule has 94 valence electrons. The van der Waals surface area contributed by atoms with Gasteiger partial charge in [0, 0.05) is 6.04 Å². The van der Waals surface area contributed by atoms with Crippen molar-refractivity contribution in [2.75, 3.05) is 13.7 Å². The summed E-state index contributed by atoms with van der Waals surface area (Å²) in [5, 5.41) is 3.15. The minimum absolute atomic E-state index is 0.0216. The van der Waals surface area contributed by atoms with Crippen LogP contribution < -0.4 is 5.32 Å². The third kappa shape index (κ3) is 3.86. The van der Waals surface area contributed by atoms with Crippen LogP contribution in [0.4, 0.5) is 0 Å². The zero-order valence-corrected chi connectivity index (χ0v) is 11.0. The van der Waals surface area contributed by atoms with Gasteiger partial charge >= 0.3 is 5.97 Å². The first-order valence-electron chi connectivity index (χ1n) is 5.98. The second-order valence-electron chi connectivity index (χ2n) is 4.19. The molecular formula is C14H21NO2. The second kappa shape index (κ2) is 6.40. The molecule has 1 rings (SSSR count). The largest absolute Gasteiger partial charge is 0.466 e. The number of benzene rings is 1. The van der Waals surface area contributed by atoms with Crippen LogP contribution in [0.25, 0.3) is 0 Å². The van der Waals surface area contributed by atoms with Crippen LogP contribution in [0.15, 0.2) is 18.2 Å². The van der Waals surface area contributed by atoms with Crippen LogP contribution in [0, 0.1) is 13.8 Å². The Balaban J connectivity index is 2.79. The van der Waals surface area contributed by atoms with Crippen LogP contribution in [0.3, 0.4) is 0 Å². The maximum absolute atomic E-state index is 11.5. The van der Waals surface area contributed by atoms with E-state index in [4.69, 9.17) is 4.74 Å². The Morgan fingerprint density at radius 3 is 2.59 bits per heavy atom. The number of carbonyl (C=O) groups is 1. The van der Waals surface area contributed by atoms with Crippen molar-refractivity contribution in [1.29, 1.82) is 0 Å². The molecule has 17 heavy (non-hydrogen) atoms. The van der Waals surface area contributed by atoms with E-state index in [1.165, 1.54) is 11.1 Å². The molecule has 0 saturated heterocycles. The van der Waals surface area contributed by atoms with Gasteiger partial charge in [0.15, 0.2) is 0 Å². The highest BCUT2D eigenvalue weighted by molar-refractivity contribution is 5.70. The fourth-order valence-corrected chi connectivity index (χ4v) is 1.75. The topological polar surface area (TPSA) is 38.3 Å². The predicted molar refractivity (Wildman–Crippen MR) is 69.0 cm³/mol. The molecule has 0 aromatic heterocycles. The van der Waals surface area contributed by atoms with Crippen molar-refractivity contribution in [2.24, 2.45) is 0 Å². The van der Waals surface area contributed by atoms with E-state index in [1.54, 1.807) is 0 Å². The Labute approximate surface area is 103 Å². The molecule has 1 aromatic rings. The van der Waals surface area contributed by atoms with Crippen molar-refractivity contribution in [3.63, 3.8) is 0 Å². The van der Waals surface area contributed by atoms with Crippen molar-refractivity contribution in [3.05, 3.63) is 34.9 Å². The van der Waals surface area contributed by atoms with Gasteiger partial charge in [-0.05, 0) is 44.5 Å². The van der Waals surface area contributed by atoms with E-state index >= 15 is 0 Å². The minimum Gasteiger partial charge on any atom is -0.466 e. The smallest absolute Gasteiger partial charge is 0.307 e. The van der Waals surface area contributed by atoms with Crippen molar-refractivity contribution < 1.29 is 9.53 Å². The Morgan fingerprint density at radius 2 is 2.06 bits per heavy atom. The van der Waals surface area contributed by atoms with Gasteiger partial charge in [0.2, 0.25) is 0 Å². The van der Waals surface area contributed by atoms with Crippen molar-refractivity contribution >= 4 is 5.97 Å². The molecule has 0 bridgehead atoms. The Hall–Kier alpha value is -1.35. The Morgan fingerprint density at radius 1 is 1.35 bits per heavy atom. The number of aryl methyl sites for hydroxylation is 2. The monoisotopic (exact) mass is 235 g/mol. The molecule has 3 nitrogen and oxygen atoms in total. The molecule has 0 aliphatic carbocycles. The average Bonchev–Trinajstić information content (AvgIpc) is 2.30. The van der Waals surface area contributed by atoms with Gasteiger partial charge in [-0.15, -0.1) is 0 Å². The van der Waals surface area contributed by atoms with Crippen LogP contribution >= 0.6 is 0 Å². The van der Waals surface area contributed by atoms with E-state index in [1.807, 2.05) is 14.0 Å². The summed E-state index contributed by atoms with van der Waals surface area (Å²) in [7, 11) is 1.86. The lowest BCUT2D eigenvalue weighted by atomic mass is 9.99. The molecule has 0 fully saturated rings. The maximum Gasteiger partial charge on any atom is 0.307 e. The van der Waals surface area contributed by atoms with E-state index < -0.39 is 0 Å². The van der Waals surface area contributed by atoms with Gasteiger partial charge in [0.25, 0.3) is 0 Å². The fourth-order valence-electron chi connectivity index (χ4n) is 1.75. The van der Waals surface area contributed by atoms with Gasteiger partial charge in [-0.25, -0.2) is 0 Å². The number of carbonyl (C=O) groups excluding carboxylic acids is 1. The number of hydrogen-bond donors (Lipinski definition) is 1. The molecule has 0 amide bonds. The number of rotatable bonds is 5. The molecule has 1 N–H and O–H groups in total. The molecule has 0 heterocycles. The average molecular weight is 235 g/mol. The summed E-state index contributed by atoms with van der Waals surface area (Å²) in [5.74, 6) is -0.162. The summed E-state index contributed by atoms with van der Waals surface area (Å²) in [6.45, 7) is 6.42. The summed E-state index contributed by atoms with van der Waals surface area (Å²) in [6, 6.07) is 6.28. The number of hydrogen-bond acceptors (Lipinski definition) is 3. The van der Waals surface area contributed by atoms with Crippen LogP contribution in [0.5, 0.6) is 0 Å². The zero-order chi connectivity index (χ0) is 12.8. The molecule has 1 unspecified atom stereocenters. The lowest BCUT2D eigenvalue weighted by Gasteiger charge is -2.17. The zero-order valence-electron chi connectivity index (χ0n) is 11.0. The molecule has 3 heteroatoms. The normalized spacial score (nSPS) is 12.2. The van der Waals surface area contributed by atoms with Gasteiger partial charge in [-0.3, -0.25) is 4.79 Å². The molecule has 0 saturated carbocycles. The molecule has 0 radical (unpaired) electrons. The van der Waals surface area contributed by atoms with Gasteiger partial charge in [-0.2, -0.15) is 0 Å². The summed E-state index contributed by atoms with van der Waals surface area (Å²) >= 11 is 0. The van der Waals surface area contributed by atoms with Crippen molar-refractivity contribution in [3.8, 4) is 0 Å². The van der Waals surface area contributed by atoms with Crippen LogP contribution in [0.2, 0.25) is 0 Å². The second-order valence-corrected chi connectivity index (χ2v) is 4.19. The lowest BCUT2D eigenvalue weighted by Crippen LogP contribution is -2.21. The van der Waals surface area contributed by atoms with Crippen LogP contribution in [0.1, 0.15) is 36.1 Å². The Bertz CT molecular complexity index is 388. The highest BCUT2D eigenvalue weighted by Gasteiger charge is 2.15. The van der Waals surface area contributed by atoms with Gasteiger partial charge < -0.3 is 10.1 Å². The number of ether oxygens (including phenoxy) is 1. The maximum atomic E-state index is 11.5. The first-order chi connectivity index (χ1) is 8.08. The van der Waals surface area contributed by atoms with Crippen LogP contribution in [-0.2, 0) is 9.53 Å². The van der Waals surface area contributed by atoms with Crippen molar-refractivity contribution in [1.82, 2.24) is 5.32 Å². The molecule has 1 aromatic carbocycles. The van der Waals surface area contributed by atoms with Crippen LogP contribution in [-0.4, -0.2) is 19.6 Å². The van der Waals surface area contributed by atoms with Gasteiger partial charge in [-0.1, -0.05) is 18.2 Å². The summed E-state index contributed by atoms with van der Waals surface area (Å²) in [6.07, 6.45) is 0.368. The first-order valence-corrected chi connectivity index (χ1v) is 5.98. The first kappa shape index (κ1) is 13.7. The molecule has 0 spiro atoms. The van der Waals surface area contributed by atoms with E-state index in [0.29, 0.717) is 13.0 Å². The number of nitrogens with one attached hydrogen (secondary N) is 1. The molecule has 0 aliphatic rings. The Kier molecular flexibility index (Phi) is 5.16. The predicted octanol–water partition coefficient (Wildman–Crippen LogP) is 2.52. The highest BCUT2D eigenvalue weighted by atomic mass is 16.5. The summed E-state index contributed by atoms with van der Waals surface area (Å²) < 4.78 is 4.97. The fraction of sp³-hybridized carbons (Fsp3) is 0.500. The van der Waals surface area contributed by atoms with E-state index in [2.05, 4.69) is 37.4 Å². The number of esters is 1. The van der Waals surface area contributed by atoms with E-state index in [0.717, 1.165) is 5.56 Å². The third-order valence-electron chi connectivity index (χ3n) is 2.96. The molecule has 0 aliphatic heterocycles. The lowest BCUT2D eigenvalue weighted by molar-refractivity contribution is -0.143. The van der Waals surface area contributed by atoms with E-state index in [9.17, 15) is 4.79 Å². The van der Waals surface area contributed by atoms with Gasteiger partial charge in [0.05, 0.1) is 13.0 Å². The third-order valence-corrected chi connectivity index (χ3v) is 2.96. The van der Waals surface area contributed by atoms with Gasteiger partial charge in [0.1, 0.15) is 0 Å². The standard InChI is InChI=1S/C14H21NO2/c1-5-17-14(16)9-13(15-4)12-7-6-10(2)11(3)8-12/h6-8,13,15H,5,9H2,1-4H3. The van der Waals surface area contributed by atoms with Crippen molar-refractivity contribution in [2.45, 2.75) is 33.2 Å². The molecule has 1 atom stereocenters. The summed E-state index contributed by atoms with van der Waals surface area (Å²) in [4.78, 5) is 11.5.